The van der Waals surface area contributed by atoms with Crippen molar-refractivity contribution in [2.24, 2.45) is 0 Å². The standard InChI is InChI=1S/C16H25FN2O2S/c1-13(9-10-14-6-3-4-8-16(14)17)18-12-15-7-5-11-19(15)22(2,20)21/h3-4,6,8,13,15,18H,5,7,9-12H2,1-2H3/t13-,15+/m0/s1. The summed E-state index contributed by atoms with van der Waals surface area (Å²) in [6.45, 7) is 3.33. The van der Waals surface area contributed by atoms with Gasteiger partial charge in [0, 0.05) is 25.2 Å². The van der Waals surface area contributed by atoms with Gasteiger partial charge in [0.2, 0.25) is 10.0 Å². The maximum atomic E-state index is 13.6. The van der Waals surface area contributed by atoms with E-state index in [1.54, 1.807) is 10.4 Å². The number of aryl methyl sites for hydroxylation is 1. The predicted molar refractivity (Wildman–Crippen MR) is 86.8 cm³/mol. The average Bonchev–Trinajstić information content (AvgIpc) is 2.93. The molecule has 4 nitrogen and oxygen atoms in total. The molecule has 1 fully saturated rings. The van der Waals surface area contributed by atoms with Crippen LogP contribution in [0.3, 0.4) is 0 Å². The highest BCUT2D eigenvalue weighted by molar-refractivity contribution is 7.88. The summed E-state index contributed by atoms with van der Waals surface area (Å²) < 4.78 is 38.5. The molecule has 0 bridgehead atoms. The fourth-order valence-electron chi connectivity index (χ4n) is 2.96. The summed E-state index contributed by atoms with van der Waals surface area (Å²) in [5.74, 6) is -0.159. The normalized spacial score (nSPS) is 21.1. The van der Waals surface area contributed by atoms with Crippen LogP contribution in [-0.2, 0) is 16.4 Å². The number of hydrogen-bond donors (Lipinski definition) is 1. The largest absolute Gasteiger partial charge is 0.313 e. The molecule has 0 unspecified atom stereocenters. The molecule has 1 aliphatic heterocycles. The van der Waals surface area contributed by atoms with E-state index in [-0.39, 0.29) is 17.9 Å². The minimum atomic E-state index is -3.12. The predicted octanol–water partition coefficient (Wildman–Crippen LogP) is 2.16. The number of halogens is 1. The Morgan fingerprint density at radius 2 is 2.14 bits per heavy atom. The van der Waals surface area contributed by atoms with Gasteiger partial charge in [-0.25, -0.2) is 12.8 Å². The number of benzene rings is 1. The molecule has 0 saturated carbocycles. The van der Waals surface area contributed by atoms with E-state index in [0.29, 0.717) is 19.5 Å². The fourth-order valence-corrected chi connectivity index (χ4v) is 4.14. The Labute approximate surface area is 132 Å². The summed E-state index contributed by atoms with van der Waals surface area (Å²) >= 11 is 0. The van der Waals surface area contributed by atoms with Gasteiger partial charge in [0.25, 0.3) is 0 Å². The maximum absolute atomic E-state index is 13.6. The first-order chi connectivity index (χ1) is 10.4. The van der Waals surface area contributed by atoms with Crippen LogP contribution in [0.2, 0.25) is 0 Å². The van der Waals surface area contributed by atoms with Crippen LogP contribution >= 0.6 is 0 Å². The zero-order valence-corrected chi connectivity index (χ0v) is 14.1. The Balaban J connectivity index is 1.78. The van der Waals surface area contributed by atoms with Gasteiger partial charge in [-0.2, -0.15) is 4.31 Å². The molecule has 22 heavy (non-hydrogen) atoms. The smallest absolute Gasteiger partial charge is 0.211 e. The van der Waals surface area contributed by atoms with Gasteiger partial charge in [0.1, 0.15) is 5.82 Å². The van der Waals surface area contributed by atoms with Crippen molar-refractivity contribution in [3.63, 3.8) is 0 Å². The van der Waals surface area contributed by atoms with Gasteiger partial charge >= 0.3 is 0 Å². The molecule has 1 aromatic carbocycles. The Morgan fingerprint density at radius 1 is 1.41 bits per heavy atom. The van der Waals surface area contributed by atoms with Crippen molar-refractivity contribution in [2.75, 3.05) is 19.3 Å². The number of sulfonamides is 1. The van der Waals surface area contributed by atoms with E-state index in [2.05, 4.69) is 12.2 Å². The lowest BCUT2D eigenvalue weighted by atomic mass is 10.1. The molecule has 1 heterocycles. The number of rotatable bonds is 7. The van der Waals surface area contributed by atoms with Gasteiger partial charge in [-0.05, 0) is 44.2 Å². The van der Waals surface area contributed by atoms with Crippen molar-refractivity contribution in [3.8, 4) is 0 Å². The first kappa shape index (κ1) is 17.4. The highest BCUT2D eigenvalue weighted by Gasteiger charge is 2.31. The van der Waals surface area contributed by atoms with Crippen molar-refractivity contribution >= 4 is 10.0 Å². The summed E-state index contributed by atoms with van der Waals surface area (Å²) in [4.78, 5) is 0. The van der Waals surface area contributed by atoms with E-state index in [1.807, 2.05) is 12.1 Å². The van der Waals surface area contributed by atoms with Gasteiger partial charge in [0.15, 0.2) is 0 Å². The topological polar surface area (TPSA) is 49.4 Å². The zero-order valence-electron chi connectivity index (χ0n) is 13.3. The maximum Gasteiger partial charge on any atom is 0.211 e. The molecule has 6 heteroatoms. The lowest BCUT2D eigenvalue weighted by molar-refractivity contribution is 0.357. The minimum absolute atomic E-state index is 0.0471. The summed E-state index contributed by atoms with van der Waals surface area (Å²) in [5, 5.41) is 3.39. The van der Waals surface area contributed by atoms with Gasteiger partial charge in [-0.3, -0.25) is 0 Å². The summed E-state index contributed by atoms with van der Waals surface area (Å²) in [7, 11) is -3.12. The lowest BCUT2D eigenvalue weighted by Gasteiger charge is -2.24. The van der Waals surface area contributed by atoms with Gasteiger partial charge in [0.05, 0.1) is 6.26 Å². The third-order valence-electron chi connectivity index (χ3n) is 4.26. The van der Waals surface area contributed by atoms with Crippen molar-refractivity contribution in [2.45, 2.75) is 44.7 Å². The quantitative estimate of drug-likeness (QED) is 0.834. The molecule has 0 aromatic heterocycles. The van der Waals surface area contributed by atoms with Crippen molar-refractivity contribution in [1.82, 2.24) is 9.62 Å². The molecule has 1 N–H and O–H groups in total. The van der Waals surface area contributed by atoms with E-state index < -0.39 is 10.0 Å². The number of hydrogen-bond acceptors (Lipinski definition) is 3. The SMILES string of the molecule is C[C@@H](CCc1ccccc1F)NC[C@H]1CCCN1S(C)(=O)=O. The van der Waals surface area contributed by atoms with Gasteiger partial charge in [-0.15, -0.1) is 0 Å². The first-order valence-corrected chi connectivity index (χ1v) is 9.66. The van der Waals surface area contributed by atoms with E-state index in [4.69, 9.17) is 0 Å². The van der Waals surface area contributed by atoms with Gasteiger partial charge in [-0.1, -0.05) is 18.2 Å². The van der Waals surface area contributed by atoms with Crippen molar-refractivity contribution in [1.29, 1.82) is 0 Å². The molecule has 1 aromatic rings. The van der Waals surface area contributed by atoms with Crippen LogP contribution in [0, 0.1) is 5.82 Å². The van der Waals surface area contributed by atoms with E-state index in [1.165, 1.54) is 12.3 Å². The second kappa shape index (κ2) is 7.53. The fraction of sp³-hybridized carbons (Fsp3) is 0.625. The lowest BCUT2D eigenvalue weighted by Crippen LogP contribution is -2.43. The average molecular weight is 328 g/mol. The number of nitrogens with zero attached hydrogens (tertiary/aromatic N) is 1. The summed E-state index contributed by atoms with van der Waals surface area (Å²) in [6.07, 6.45) is 4.60. The highest BCUT2D eigenvalue weighted by Crippen LogP contribution is 2.20. The van der Waals surface area contributed by atoms with Gasteiger partial charge < -0.3 is 5.32 Å². The van der Waals surface area contributed by atoms with E-state index >= 15 is 0 Å². The third-order valence-corrected chi connectivity index (χ3v) is 5.59. The molecule has 0 spiro atoms. The Bertz CT molecular complexity index is 592. The van der Waals surface area contributed by atoms with Crippen LogP contribution in [0.5, 0.6) is 0 Å². The van der Waals surface area contributed by atoms with Crippen LogP contribution in [0.25, 0.3) is 0 Å². The molecule has 0 radical (unpaired) electrons. The summed E-state index contributed by atoms with van der Waals surface area (Å²) in [6, 6.07) is 7.10. The second-order valence-corrected chi connectivity index (χ2v) is 8.04. The molecule has 1 saturated heterocycles. The van der Waals surface area contributed by atoms with Crippen molar-refractivity contribution in [3.05, 3.63) is 35.6 Å². The molecule has 1 aliphatic rings. The second-order valence-electron chi connectivity index (χ2n) is 6.11. The first-order valence-electron chi connectivity index (χ1n) is 7.81. The molecule has 124 valence electrons. The monoisotopic (exact) mass is 328 g/mol. The number of nitrogens with one attached hydrogen (secondary N) is 1. The van der Waals surface area contributed by atoms with E-state index in [9.17, 15) is 12.8 Å². The van der Waals surface area contributed by atoms with Crippen molar-refractivity contribution < 1.29 is 12.8 Å². The third kappa shape index (κ3) is 4.76. The van der Waals surface area contributed by atoms with Crippen LogP contribution < -0.4 is 5.32 Å². The van der Waals surface area contributed by atoms with Crippen LogP contribution in [0.1, 0.15) is 31.7 Å². The van der Waals surface area contributed by atoms with Crippen LogP contribution in [0.15, 0.2) is 24.3 Å². The highest BCUT2D eigenvalue weighted by atomic mass is 32.2. The molecule has 2 rings (SSSR count). The van der Waals surface area contributed by atoms with Crippen LogP contribution in [-0.4, -0.2) is 44.2 Å². The molecular formula is C16H25FN2O2S. The van der Waals surface area contributed by atoms with E-state index in [0.717, 1.165) is 24.8 Å². The summed E-state index contributed by atoms with van der Waals surface area (Å²) in [5.41, 5.74) is 0.731. The molecule has 0 aliphatic carbocycles. The Hall–Kier alpha value is -0.980. The molecule has 2 atom stereocenters. The Morgan fingerprint density at radius 3 is 2.82 bits per heavy atom. The Kier molecular flexibility index (Phi) is 5.94. The molecular weight excluding hydrogens is 303 g/mol. The zero-order chi connectivity index (χ0) is 16.2. The van der Waals surface area contributed by atoms with Crippen LogP contribution in [0.4, 0.5) is 4.39 Å². The molecule has 0 amide bonds. The minimum Gasteiger partial charge on any atom is -0.313 e.